The van der Waals surface area contributed by atoms with E-state index in [4.69, 9.17) is 33.2 Å². The number of Topliss-reactive ketones (excluding diaryl/α,β-unsaturated/α-hetero) is 1. The van der Waals surface area contributed by atoms with Crippen LogP contribution in [0.1, 0.15) is 39.4 Å². The number of ketones is 1. The maximum absolute atomic E-state index is 13.4. The minimum absolute atomic E-state index is 0.0865. The smallest absolute Gasteiger partial charge is 0.312 e. The second kappa shape index (κ2) is 8.77. The first kappa shape index (κ1) is 22.8. The zero-order valence-electron chi connectivity index (χ0n) is 20.3. The van der Waals surface area contributed by atoms with Crippen LogP contribution in [0.15, 0.2) is 48.2 Å². The van der Waals surface area contributed by atoms with E-state index in [1.54, 1.807) is 36.4 Å². The van der Waals surface area contributed by atoms with Gasteiger partial charge in [0.1, 0.15) is 17.2 Å². The molecule has 3 aromatic carbocycles. The molecule has 1 atom stereocenters. The maximum atomic E-state index is 13.4. The maximum Gasteiger partial charge on any atom is 0.312 e. The standard InChI is InChI=1S/C28H22O9/c1-31-20-12-22(33-3)21(32-2)9-15(20)10-24-27(30)16-5-7-19-26(28(16)37-24)17(11-25(29)36-19)14-4-6-18-23(8-14)35-13-34-18/h4-10,12,17H,11,13H2,1-3H3/b24-10-/t17-/m1/s1. The number of rotatable bonds is 5. The molecule has 0 amide bonds. The van der Waals surface area contributed by atoms with E-state index in [1.807, 2.05) is 12.1 Å². The predicted octanol–water partition coefficient (Wildman–Crippen LogP) is 4.50. The van der Waals surface area contributed by atoms with Gasteiger partial charge in [-0.1, -0.05) is 6.07 Å². The number of methoxy groups -OCH3 is 3. The molecule has 6 rings (SSSR count). The summed E-state index contributed by atoms with van der Waals surface area (Å²) in [6.07, 6.45) is 1.68. The molecular formula is C28H22O9. The third-order valence-corrected chi connectivity index (χ3v) is 6.60. The Labute approximate surface area is 212 Å². The van der Waals surface area contributed by atoms with Gasteiger partial charge in [-0.2, -0.15) is 0 Å². The SMILES string of the molecule is COc1cc(OC)c(OC)cc1/C=C1\Oc2c(ccc3c2[C@@H](c2ccc4c(c2)OCO4)CC(=O)O3)C1=O. The van der Waals surface area contributed by atoms with Gasteiger partial charge in [0.25, 0.3) is 0 Å². The summed E-state index contributed by atoms with van der Waals surface area (Å²) in [4.78, 5) is 25.9. The highest BCUT2D eigenvalue weighted by molar-refractivity contribution is 6.15. The molecule has 0 unspecified atom stereocenters. The minimum Gasteiger partial charge on any atom is -0.496 e. The summed E-state index contributed by atoms with van der Waals surface area (Å²) < 4.78 is 38.9. The second-order valence-corrected chi connectivity index (χ2v) is 8.59. The van der Waals surface area contributed by atoms with Gasteiger partial charge in [-0.05, 0) is 42.0 Å². The van der Waals surface area contributed by atoms with Crippen molar-refractivity contribution >= 4 is 17.8 Å². The quantitative estimate of drug-likeness (QED) is 0.284. The molecule has 0 aliphatic carbocycles. The van der Waals surface area contributed by atoms with Crippen molar-refractivity contribution in [2.24, 2.45) is 0 Å². The van der Waals surface area contributed by atoms with E-state index >= 15 is 0 Å². The summed E-state index contributed by atoms with van der Waals surface area (Å²) in [5, 5.41) is 0. The van der Waals surface area contributed by atoms with E-state index in [1.165, 1.54) is 21.3 Å². The van der Waals surface area contributed by atoms with E-state index in [-0.39, 0.29) is 30.7 Å². The third-order valence-electron chi connectivity index (χ3n) is 6.60. The number of hydrogen-bond donors (Lipinski definition) is 0. The molecule has 188 valence electrons. The average Bonchev–Trinajstić information content (AvgIpc) is 3.51. The van der Waals surface area contributed by atoms with Crippen LogP contribution in [-0.2, 0) is 4.79 Å². The molecule has 3 aliphatic heterocycles. The van der Waals surface area contributed by atoms with Gasteiger partial charge in [0.15, 0.2) is 28.8 Å². The molecule has 0 fully saturated rings. The first-order valence-electron chi connectivity index (χ1n) is 11.5. The molecule has 0 N–H and O–H groups in total. The lowest BCUT2D eigenvalue weighted by Crippen LogP contribution is -2.21. The summed E-state index contributed by atoms with van der Waals surface area (Å²) in [6, 6.07) is 12.1. The summed E-state index contributed by atoms with van der Waals surface area (Å²) in [6.45, 7) is 0.142. The Kier molecular flexibility index (Phi) is 5.40. The third kappa shape index (κ3) is 3.70. The first-order chi connectivity index (χ1) is 18.0. The Morgan fingerprint density at radius 3 is 2.32 bits per heavy atom. The van der Waals surface area contributed by atoms with E-state index in [0.29, 0.717) is 56.9 Å². The van der Waals surface area contributed by atoms with Crippen molar-refractivity contribution in [1.82, 2.24) is 0 Å². The van der Waals surface area contributed by atoms with Gasteiger partial charge in [-0.15, -0.1) is 0 Å². The Morgan fingerprint density at radius 2 is 1.54 bits per heavy atom. The molecule has 0 radical (unpaired) electrons. The molecule has 3 heterocycles. The highest BCUT2D eigenvalue weighted by Crippen LogP contribution is 2.50. The van der Waals surface area contributed by atoms with Crippen LogP contribution in [0.3, 0.4) is 0 Å². The van der Waals surface area contributed by atoms with E-state index in [9.17, 15) is 9.59 Å². The molecule has 0 spiro atoms. The fraction of sp³-hybridized carbons (Fsp3) is 0.214. The monoisotopic (exact) mass is 502 g/mol. The van der Waals surface area contributed by atoms with Crippen LogP contribution in [0.2, 0.25) is 0 Å². The number of fused-ring (bicyclic) bond motifs is 4. The van der Waals surface area contributed by atoms with Crippen molar-refractivity contribution in [3.63, 3.8) is 0 Å². The van der Waals surface area contributed by atoms with Gasteiger partial charge >= 0.3 is 5.97 Å². The second-order valence-electron chi connectivity index (χ2n) is 8.59. The van der Waals surface area contributed by atoms with Crippen LogP contribution in [0.5, 0.6) is 40.2 Å². The summed E-state index contributed by atoms with van der Waals surface area (Å²) in [5.41, 5.74) is 2.41. The van der Waals surface area contributed by atoms with Gasteiger partial charge in [0.2, 0.25) is 12.6 Å². The van der Waals surface area contributed by atoms with Crippen LogP contribution in [0.4, 0.5) is 0 Å². The fourth-order valence-corrected chi connectivity index (χ4v) is 4.83. The van der Waals surface area contributed by atoms with Crippen molar-refractivity contribution in [1.29, 1.82) is 0 Å². The number of benzene rings is 3. The van der Waals surface area contributed by atoms with Crippen LogP contribution in [0, 0.1) is 0 Å². The highest BCUT2D eigenvalue weighted by atomic mass is 16.7. The lowest BCUT2D eigenvalue weighted by atomic mass is 9.84. The molecule has 9 heteroatoms. The Bertz CT molecular complexity index is 1490. The molecule has 0 bridgehead atoms. The zero-order chi connectivity index (χ0) is 25.7. The summed E-state index contributed by atoms with van der Waals surface area (Å²) in [5.74, 6) is 2.45. The lowest BCUT2D eigenvalue weighted by molar-refractivity contribution is -0.135. The number of allylic oxidation sites excluding steroid dienone is 1. The van der Waals surface area contributed by atoms with Gasteiger partial charge < -0.3 is 33.2 Å². The number of esters is 1. The number of hydrogen-bond acceptors (Lipinski definition) is 9. The number of ether oxygens (including phenoxy) is 7. The molecule has 9 nitrogen and oxygen atoms in total. The molecule has 0 saturated carbocycles. The van der Waals surface area contributed by atoms with Crippen molar-refractivity contribution in [3.8, 4) is 40.2 Å². The predicted molar refractivity (Wildman–Crippen MR) is 130 cm³/mol. The highest BCUT2D eigenvalue weighted by Gasteiger charge is 2.39. The normalized spacial score (nSPS) is 18.1. The van der Waals surface area contributed by atoms with Crippen molar-refractivity contribution < 1.29 is 42.7 Å². The van der Waals surface area contributed by atoms with Crippen LogP contribution in [0.25, 0.3) is 6.08 Å². The Hall–Kier alpha value is -4.66. The van der Waals surface area contributed by atoms with Crippen molar-refractivity contribution in [2.45, 2.75) is 12.3 Å². The molecule has 3 aromatic rings. The lowest BCUT2D eigenvalue weighted by Gasteiger charge is -2.26. The fourth-order valence-electron chi connectivity index (χ4n) is 4.83. The molecule has 37 heavy (non-hydrogen) atoms. The Balaban J connectivity index is 1.44. The Morgan fingerprint density at radius 1 is 0.811 bits per heavy atom. The topological polar surface area (TPSA) is 98.8 Å². The van der Waals surface area contributed by atoms with Gasteiger partial charge in [-0.3, -0.25) is 9.59 Å². The van der Waals surface area contributed by atoms with Gasteiger partial charge in [0.05, 0.1) is 33.3 Å². The van der Waals surface area contributed by atoms with Gasteiger partial charge in [-0.25, -0.2) is 0 Å². The molecule has 3 aliphatic rings. The van der Waals surface area contributed by atoms with Gasteiger partial charge in [0, 0.05) is 23.1 Å². The van der Waals surface area contributed by atoms with E-state index in [0.717, 1.165) is 5.56 Å². The largest absolute Gasteiger partial charge is 0.496 e. The molecule has 0 saturated heterocycles. The molecule has 0 aromatic heterocycles. The summed E-state index contributed by atoms with van der Waals surface area (Å²) in [7, 11) is 4.58. The van der Waals surface area contributed by atoms with Crippen LogP contribution < -0.4 is 33.2 Å². The number of carbonyl (C=O) groups is 2. The van der Waals surface area contributed by atoms with E-state index in [2.05, 4.69) is 0 Å². The minimum atomic E-state index is -0.400. The van der Waals surface area contributed by atoms with Crippen molar-refractivity contribution in [3.05, 3.63) is 70.5 Å². The van der Waals surface area contributed by atoms with E-state index < -0.39 is 5.92 Å². The average molecular weight is 502 g/mol. The molecular weight excluding hydrogens is 480 g/mol. The number of carbonyl (C=O) groups excluding carboxylic acids is 2. The zero-order valence-corrected chi connectivity index (χ0v) is 20.3. The summed E-state index contributed by atoms with van der Waals surface area (Å²) >= 11 is 0. The van der Waals surface area contributed by atoms with Crippen molar-refractivity contribution in [2.75, 3.05) is 28.1 Å². The van der Waals surface area contributed by atoms with Crippen LogP contribution in [-0.4, -0.2) is 39.9 Å². The van der Waals surface area contributed by atoms with Crippen LogP contribution >= 0.6 is 0 Å². The first-order valence-corrected chi connectivity index (χ1v) is 11.5.